The van der Waals surface area contributed by atoms with Crippen LogP contribution in [0.2, 0.25) is 0 Å². The molecule has 152 valence electrons. The first-order chi connectivity index (χ1) is 13.9. The number of amides is 1. The number of carbonyl (C=O) groups is 1. The van der Waals surface area contributed by atoms with Crippen molar-refractivity contribution < 1.29 is 18.3 Å². The van der Waals surface area contributed by atoms with Crippen molar-refractivity contribution in [1.82, 2.24) is 14.8 Å². The summed E-state index contributed by atoms with van der Waals surface area (Å²) in [5.74, 6) is -0.0879. The van der Waals surface area contributed by atoms with Gasteiger partial charge in [0.15, 0.2) is 15.0 Å². The number of thioether (sulfide) groups is 1. The second-order valence-corrected chi connectivity index (χ2v) is 9.03. The van der Waals surface area contributed by atoms with Crippen LogP contribution in [0.3, 0.4) is 0 Å². The fourth-order valence-corrected chi connectivity index (χ4v) is 4.76. The van der Waals surface area contributed by atoms with Crippen LogP contribution in [0.4, 0.5) is 5.69 Å². The van der Waals surface area contributed by atoms with Gasteiger partial charge in [-0.3, -0.25) is 4.79 Å². The number of phenols is 1. The molecule has 0 bridgehead atoms. The van der Waals surface area contributed by atoms with Crippen LogP contribution in [0.5, 0.6) is 5.75 Å². The highest BCUT2D eigenvalue weighted by molar-refractivity contribution is 7.99. The number of nitrogens with one attached hydrogen (secondary N) is 1. The van der Waals surface area contributed by atoms with Gasteiger partial charge in [0, 0.05) is 18.3 Å². The number of carbonyl (C=O) groups excluding carboxylic acids is 1. The minimum absolute atomic E-state index is 0.0606. The van der Waals surface area contributed by atoms with Crippen molar-refractivity contribution in [2.45, 2.75) is 29.3 Å². The number of nitrogens with zero attached hydrogens (tertiary/aromatic N) is 3. The second-order valence-electron chi connectivity index (χ2n) is 6.10. The monoisotopic (exact) mass is 432 g/mol. The first kappa shape index (κ1) is 20.9. The average molecular weight is 433 g/mol. The van der Waals surface area contributed by atoms with Crippen molar-refractivity contribution in [3.8, 4) is 5.75 Å². The van der Waals surface area contributed by atoms with E-state index in [1.807, 2.05) is 6.92 Å². The van der Waals surface area contributed by atoms with Crippen LogP contribution in [0.25, 0.3) is 0 Å². The molecule has 2 aromatic carbocycles. The van der Waals surface area contributed by atoms with Gasteiger partial charge in [0.25, 0.3) is 0 Å². The lowest BCUT2D eigenvalue weighted by Crippen LogP contribution is -2.15. The number of phenolic OH excluding ortho intramolecular Hbond substituents is 1. The summed E-state index contributed by atoms with van der Waals surface area (Å²) in [4.78, 5) is 12.4. The van der Waals surface area contributed by atoms with E-state index in [4.69, 9.17) is 0 Å². The van der Waals surface area contributed by atoms with Crippen molar-refractivity contribution in [1.29, 1.82) is 0 Å². The van der Waals surface area contributed by atoms with Crippen LogP contribution in [0.15, 0.2) is 64.6 Å². The lowest BCUT2D eigenvalue weighted by Gasteiger charge is -2.08. The Bertz CT molecular complexity index is 1100. The molecule has 0 unspecified atom stereocenters. The molecule has 0 radical (unpaired) electrons. The zero-order valence-electron chi connectivity index (χ0n) is 15.6. The van der Waals surface area contributed by atoms with Gasteiger partial charge in [-0.05, 0) is 31.2 Å². The minimum Gasteiger partial charge on any atom is -0.508 e. The summed E-state index contributed by atoms with van der Waals surface area (Å²) < 4.78 is 26.9. The Balaban J connectivity index is 1.67. The topological polar surface area (TPSA) is 114 Å². The van der Waals surface area contributed by atoms with Crippen LogP contribution in [-0.2, 0) is 26.9 Å². The van der Waals surface area contributed by atoms with Gasteiger partial charge >= 0.3 is 0 Å². The zero-order valence-corrected chi connectivity index (χ0v) is 17.3. The maximum Gasteiger partial charge on any atom is 0.234 e. The molecule has 1 heterocycles. The lowest BCUT2D eigenvalue weighted by atomic mass is 10.3. The average Bonchev–Trinajstić information content (AvgIpc) is 3.08. The van der Waals surface area contributed by atoms with E-state index in [1.165, 1.54) is 23.9 Å². The largest absolute Gasteiger partial charge is 0.508 e. The number of hydrogen-bond donors (Lipinski definition) is 2. The van der Waals surface area contributed by atoms with Gasteiger partial charge < -0.3 is 15.0 Å². The molecule has 2 N–H and O–H groups in total. The molecule has 0 aliphatic carbocycles. The van der Waals surface area contributed by atoms with Gasteiger partial charge in [-0.2, -0.15) is 0 Å². The van der Waals surface area contributed by atoms with Crippen LogP contribution >= 0.6 is 11.8 Å². The number of anilines is 1. The predicted octanol–water partition coefficient (Wildman–Crippen LogP) is 2.71. The molecule has 29 heavy (non-hydrogen) atoms. The van der Waals surface area contributed by atoms with E-state index in [0.29, 0.717) is 23.2 Å². The summed E-state index contributed by atoms with van der Waals surface area (Å²) in [6.45, 7) is 2.34. The Labute approximate surface area is 172 Å². The number of rotatable bonds is 8. The van der Waals surface area contributed by atoms with E-state index in [1.54, 1.807) is 47.0 Å². The van der Waals surface area contributed by atoms with Crippen molar-refractivity contribution >= 4 is 33.2 Å². The van der Waals surface area contributed by atoms with Gasteiger partial charge in [0.2, 0.25) is 5.91 Å². The van der Waals surface area contributed by atoms with Gasteiger partial charge in [0.1, 0.15) is 17.3 Å². The molecule has 0 fully saturated rings. The summed E-state index contributed by atoms with van der Waals surface area (Å²) >= 11 is 1.17. The summed E-state index contributed by atoms with van der Waals surface area (Å²) in [5, 5.41) is 20.7. The molecule has 0 aliphatic heterocycles. The molecule has 3 aromatic rings. The highest BCUT2D eigenvalue weighted by Gasteiger charge is 2.21. The molecule has 0 atom stereocenters. The smallest absolute Gasteiger partial charge is 0.234 e. The number of benzene rings is 2. The number of aromatic nitrogens is 3. The molecule has 10 heteroatoms. The van der Waals surface area contributed by atoms with Crippen LogP contribution in [-0.4, -0.2) is 39.9 Å². The van der Waals surface area contributed by atoms with Gasteiger partial charge in [-0.1, -0.05) is 36.0 Å². The Morgan fingerprint density at radius 1 is 1.14 bits per heavy atom. The third-order valence-electron chi connectivity index (χ3n) is 3.99. The fraction of sp³-hybridized carbons (Fsp3) is 0.211. The first-order valence-corrected chi connectivity index (χ1v) is 11.4. The van der Waals surface area contributed by atoms with Crippen molar-refractivity contribution in [2.24, 2.45) is 0 Å². The number of sulfone groups is 1. The third kappa shape index (κ3) is 5.36. The SMILES string of the molecule is CCn1c(CS(=O)(=O)c2ccccc2)nnc1SCC(=O)Nc1cccc(O)c1. The Hall–Kier alpha value is -2.85. The Morgan fingerprint density at radius 2 is 1.90 bits per heavy atom. The van der Waals surface area contributed by atoms with Gasteiger partial charge in [-0.15, -0.1) is 10.2 Å². The maximum atomic E-state index is 12.6. The third-order valence-corrected chi connectivity index (χ3v) is 6.59. The summed E-state index contributed by atoms with van der Waals surface area (Å²) in [6.07, 6.45) is 0. The highest BCUT2D eigenvalue weighted by Crippen LogP contribution is 2.21. The van der Waals surface area contributed by atoms with E-state index in [-0.39, 0.29) is 28.1 Å². The van der Waals surface area contributed by atoms with Crippen LogP contribution in [0.1, 0.15) is 12.7 Å². The van der Waals surface area contributed by atoms with E-state index < -0.39 is 9.84 Å². The Morgan fingerprint density at radius 3 is 2.59 bits per heavy atom. The fourth-order valence-electron chi connectivity index (χ4n) is 2.64. The first-order valence-electron chi connectivity index (χ1n) is 8.80. The molecule has 0 saturated heterocycles. The normalized spacial score (nSPS) is 11.3. The summed E-state index contributed by atoms with van der Waals surface area (Å²) in [6, 6.07) is 14.4. The van der Waals surface area contributed by atoms with E-state index >= 15 is 0 Å². The lowest BCUT2D eigenvalue weighted by molar-refractivity contribution is -0.113. The van der Waals surface area contributed by atoms with E-state index in [2.05, 4.69) is 15.5 Å². The van der Waals surface area contributed by atoms with Crippen molar-refractivity contribution in [3.63, 3.8) is 0 Å². The van der Waals surface area contributed by atoms with Crippen molar-refractivity contribution in [3.05, 3.63) is 60.4 Å². The molecular formula is C19H20N4O4S2. The predicted molar refractivity (Wildman–Crippen MR) is 110 cm³/mol. The molecule has 0 aliphatic rings. The van der Waals surface area contributed by atoms with E-state index in [0.717, 1.165) is 0 Å². The molecule has 1 amide bonds. The molecule has 8 nitrogen and oxygen atoms in total. The molecular weight excluding hydrogens is 412 g/mol. The maximum absolute atomic E-state index is 12.6. The number of hydrogen-bond acceptors (Lipinski definition) is 7. The quantitative estimate of drug-likeness (QED) is 0.526. The molecule has 0 saturated carbocycles. The summed E-state index contributed by atoms with van der Waals surface area (Å²) in [5.41, 5.74) is 0.488. The Kier molecular flexibility index (Phi) is 6.55. The van der Waals surface area contributed by atoms with Crippen LogP contribution < -0.4 is 5.32 Å². The highest BCUT2D eigenvalue weighted by atomic mass is 32.2. The standard InChI is InChI=1S/C19H20N4O4S2/c1-2-23-17(13-29(26,27)16-9-4-3-5-10-16)21-22-19(23)28-12-18(25)20-14-7-6-8-15(24)11-14/h3-11,24H,2,12-13H2,1H3,(H,20,25). The molecule has 3 rings (SSSR count). The van der Waals surface area contributed by atoms with Gasteiger partial charge in [0.05, 0.1) is 10.6 Å². The van der Waals surface area contributed by atoms with Crippen LogP contribution in [0, 0.1) is 0 Å². The van der Waals surface area contributed by atoms with Crippen molar-refractivity contribution in [2.75, 3.05) is 11.1 Å². The molecule has 1 aromatic heterocycles. The minimum atomic E-state index is -3.54. The second kappa shape index (κ2) is 9.10. The van der Waals surface area contributed by atoms with Gasteiger partial charge in [-0.25, -0.2) is 8.42 Å². The summed E-state index contributed by atoms with van der Waals surface area (Å²) in [7, 11) is -3.54. The zero-order chi connectivity index (χ0) is 20.9. The number of aromatic hydroxyl groups is 1. The molecule has 0 spiro atoms. The van der Waals surface area contributed by atoms with E-state index in [9.17, 15) is 18.3 Å².